The van der Waals surface area contributed by atoms with E-state index in [1.54, 1.807) is 0 Å². The van der Waals surface area contributed by atoms with E-state index in [2.05, 4.69) is 235 Å². The summed E-state index contributed by atoms with van der Waals surface area (Å²) >= 11 is 0. The Bertz CT molecular complexity index is 3370. The zero-order valence-electron chi connectivity index (χ0n) is 44.8. The lowest BCUT2D eigenvalue weighted by Crippen LogP contribution is -2.62. The van der Waals surface area contributed by atoms with E-state index in [4.69, 9.17) is 0 Å². The molecule has 0 fully saturated rings. The molecule has 0 unspecified atom stereocenters. The SMILES string of the molecule is Cc1cc(C(C)(C)C)ccc1N1c2cc3c(cc2B2c4ccc5c(c4N(c4ccccc4C)c4cc(-c6ccccc6)cc1c42)C(C)(C)c1cc2c(cc1-5)C(C)(C)CCC2(C)C)C(C)(C)CCC3(C)C. The summed E-state index contributed by atoms with van der Waals surface area (Å²) < 4.78 is 0. The summed E-state index contributed by atoms with van der Waals surface area (Å²) in [6.07, 6.45) is 4.74. The molecule has 70 heavy (non-hydrogen) atoms. The van der Waals surface area contributed by atoms with Crippen molar-refractivity contribution in [3.05, 3.63) is 171 Å². The van der Waals surface area contributed by atoms with Crippen LogP contribution in [-0.4, -0.2) is 6.71 Å². The Kier molecular flexibility index (Phi) is 9.49. The third-order valence-electron chi connectivity index (χ3n) is 18.5. The van der Waals surface area contributed by atoms with Crippen molar-refractivity contribution in [1.29, 1.82) is 0 Å². The quantitative estimate of drug-likeness (QED) is 0.163. The molecule has 0 radical (unpaired) electrons. The van der Waals surface area contributed by atoms with Gasteiger partial charge in [-0.1, -0.05) is 175 Å². The van der Waals surface area contributed by atoms with Crippen molar-refractivity contribution in [3.63, 3.8) is 0 Å². The number of para-hydroxylation sites is 1. The van der Waals surface area contributed by atoms with Crippen LogP contribution in [0.4, 0.5) is 34.1 Å². The number of nitrogens with zero attached hydrogens (tertiary/aromatic N) is 2. The van der Waals surface area contributed by atoms with Crippen LogP contribution in [0.3, 0.4) is 0 Å². The molecule has 0 spiro atoms. The van der Waals surface area contributed by atoms with Crippen molar-refractivity contribution in [2.45, 2.75) is 162 Å². The van der Waals surface area contributed by atoms with Gasteiger partial charge in [-0.15, -0.1) is 0 Å². The van der Waals surface area contributed by atoms with Crippen LogP contribution in [0.5, 0.6) is 0 Å². The maximum atomic E-state index is 2.73. The van der Waals surface area contributed by atoms with E-state index < -0.39 is 0 Å². The normalized spacial score (nSPS) is 19.0. The van der Waals surface area contributed by atoms with Crippen LogP contribution in [0.25, 0.3) is 22.3 Å². The number of rotatable bonds is 3. The first kappa shape index (κ1) is 45.4. The highest BCUT2D eigenvalue weighted by Crippen LogP contribution is 2.59. The van der Waals surface area contributed by atoms with Gasteiger partial charge in [0.2, 0.25) is 0 Å². The van der Waals surface area contributed by atoms with Gasteiger partial charge in [0.1, 0.15) is 0 Å². The highest BCUT2D eigenvalue weighted by atomic mass is 15.2. The molecule has 3 heteroatoms. The standard InChI is InChI=1S/C67H73BN2/c1-40-21-19-20-24-54(40)70-58-35-43(42-22-17-16-18-23-42)34-57-60(58)68(52-27-26-45-46-36-48-49(64(8,9)30-29-63(48,6)7)37-47(46)67(14,15)59(45)61(52)70)53-38-50-51(66(12,13)32-31-65(50,10)11)39-56(53)69(57)55-28-25-44(33-41(55)2)62(3,4)5/h16-28,33-39H,29-32H2,1-15H3. The molecule has 0 amide bonds. The van der Waals surface area contributed by atoms with Crippen molar-refractivity contribution < 1.29 is 0 Å². The van der Waals surface area contributed by atoms with Gasteiger partial charge < -0.3 is 9.80 Å². The molecule has 3 aliphatic carbocycles. The highest BCUT2D eigenvalue weighted by Gasteiger charge is 2.51. The number of anilines is 6. The lowest BCUT2D eigenvalue weighted by atomic mass is 9.32. The minimum Gasteiger partial charge on any atom is -0.311 e. The summed E-state index contributed by atoms with van der Waals surface area (Å²) in [4.78, 5) is 5.43. The fourth-order valence-corrected chi connectivity index (χ4v) is 14.0. The zero-order chi connectivity index (χ0) is 49.4. The van der Waals surface area contributed by atoms with Gasteiger partial charge in [0.25, 0.3) is 6.71 Å². The Morgan fingerprint density at radius 2 is 0.986 bits per heavy atom. The third kappa shape index (κ3) is 6.37. The number of hydrogen-bond donors (Lipinski definition) is 0. The molecule has 0 aromatic heterocycles. The first-order valence-corrected chi connectivity index (χ1v) is 26.5. The predicted molar refractivity (Wildman–Crippen MR) is 302 cm³/mol. The van der Waals surface area contributed by atoms with E-state index in [-0.39, 0.29) is 39.2 Å². The molecule has 0 saturated heterocycles. The molecule has 12 rings (SSSR count). The number of aryl methyl sites for hydroxylation is 2. The van der Waals surface area contributed by atoms with Crippen LogP contribution < -0.4 is 26.2 Å². The highest BCUT2D eigenvalue weighted by molar-refractivity contribution is 7.00. The molecule has 2 aliphatic heterocycles. The Morgan fingerprint density at radius 1 is 0.429 bits per heavy atom. The van der Waals surface area contributed by atoms with E-state index in [9.17, 15) is 0 Å². The monoisotopic (exact) mass is 917 g/mol. The van der Waals surface area contributed by atoms with Crippen LogP contribution in [0.2, 0.25) is 0 Å². The molecule has 7 aromatic rings. The van der Waals surface area contributed by atoms with Crippen molar-refractivity contribution in [2.75, 3.05) is 9.80 Å². The van der Waals surface area contributed by atoms with E-state index in [1.165, 1.54) is 149 Å². The van der Waals surface area contributed by atoms with E-state index in [1.807, 2.05) is 0 Å². The minimum atomic E-state index is -0.266. The average Bonchev–Trinajstić information content (AvgIpc) is 3.54. The Labute approximate surface area is 420 Å². The smallest absolute Gasteiger partial charge is 0.252 e. The van der Waals surface area contributed by atoms with Crippen molar-refractivity contribution in [2.24, 2.45) is 0 Å². The molecule has 7 aromatic carbocycles. The first-order valence-electron chi connectivity index (χ1n) is 26.5. The molecule has 354 valence electrons. The van der Waals surface area contributed by atoms with Gasteiger partial charge in [0.05, 0.1) is 0 Å². The molecule has 2 nitrogen and oxygen atoms in total. The first-order chi connectivity index (χ1) is 32.9. The van der Waals surface area contributed by atoms with Crippen LogP contribution in [0, 0.1) is 13.8 Å². The minimum absolute atomic E-state index is 0.00696. The van der Waals surface area contributed by atoms with Gasteiger partial charge in [-0.2, -0.15) is 0 Å². The summed E-state index contributed by atoms with van der Waals surface area (Å²) in [5.74, 6) is 0. The second kappa shape index (κ2) is 14.7. The molecular weight excluding hydrogens is 844 g/mol. The van der Waals surface area contributed by atoms with Crippen LogP contribution in [0.1, 0.15) is 166 Å². The van der Waals surface area contributed by atoms with Gasteiger partial charge in [-0.05, 0) is 192 Å². The molecule has 5 aliphatic rings. The molecule has 0 N–H and O–H groups in total. The van der Waals surface area contributed by atoms with Crippen molar-refractivity contribution >= 4 is 57.2 Å². The van der Waals surface area contributed by atoms with E-state index in [0.29, 0.717) is 0 Å². The molecular formula is C67H73BN2. The lowest BCUT2D eigenvalue weighted by Gasteiger charge is -2.48. The number of hydrogen-bond acceptors (Lipinski definition) is 2. The fourth-order valence-electron chi connectivity index (χ4n) is 14.0. The molecule has 0 saturated carbocycles. The summed E-state index contributed by atoms with van der Waals surface area (Å²) in [5.41, 5.74) is 30.2. The van der Waals surface area contributed by atoms with Gasteiger partial charge in [0, 0.05) is 39.5 Å². The maximum Gasteiger partial charge on any atom is 0.252 e. The Balaban J connectivity index is 1.24. The van der Waals surface area contributed by atoms with Crippen LogP contribution in [0.15, 0.2) is 121 Å². The van der Waals surface area contributed by atoms with E-state index >= 15 is 0 Å². The third-order valence-corrected chi connectivity index (χ3v) is 18.5. The van der Waals surface area contributed by atoms with Gasteiger partial charge in [-0.25, -0.2) is 0 Å². The molecule has 0 atom stereocenters. The summed E-state index contributed by atoms with van der Waals surface area (Å²) in [7, 11) is 0. The van der Waals surface area contributed by atoms with Crippen LogP contribution >= 0.6 is 0 Å². The van der Waals surface area contributed by atoms with Crippen LogP contribution in [-0.2, 0) is 32.5 Å². The van der Waals surface area contributed by atoms with Crippen molar-refractivity contribution in [1.82, 2.24) is 0 Å². The number of fused-ring (bicyclic) bond motifs is 10. The fraction of sp³-hybridized carbons (Fsp3) is 0.373. The van der Waals surface area contributed by atoms with Gasteiger partial charge in [-0.3, -0.25) is 0 Å². The summed E-state index contributed by atoms with van der Waals surface area (Å²) in [6, 6.07) is 48.5. The second-order valence-corrected chi connectivity index (χ2v) is 26.4. The lowest BCUT2D eigenvalue weighted by molar-refractivity contribution is 0.331. The topological polar surface area (TPSA) is 6.48 Å². The second-order valence-electron chi connectivity index (χ2n) is 26.4. The zero-order valence-corrected chi connectivity index (χ0v) is 44.8. The number of benzene rings is 7. The van der Waals surface area contributed by atoms with Gasteiger partial charge >= 0.3 is 0 Å². The van der Waals surface area contributed by atoms with Crippen molar-refractivity contribution in [3.8, 4) is 22.3 Å². The molecule has 0 bridgehead atoms. The van der Waals surface area contributed by atoms with E-state index in [0.717, 1.165) is 0 Å². The maximum absolute atomic E-state index is 2.73. The largest absolute Gasteiger partial charge is 0.311 e. The van der Waals surface area contributed by atoms with Gasteiger partial charge in [0.15, 0.2) is 0 Å². The average molecular weight is 917 g/mol. The Morgan fingerprint density at radius 3 is 1.60 bits per heavy atom. The Hall–Kier alpha value is -5.80. The summed E-state index contributed by atoms with van der Waals surface area (Å²) in [6.45, 7) is 36.6. The predicted octanol–water partition coefficient (Wildman–Crippen LogP) is 16.4. The summed E-state index contributed by atoms with van der Waals surface area (Å²) in [5, 5.41) is 0. The molecule has 2 heterocycles.